The molecule has 5 nitrogen and oxygen atoms in total. The monoisotopic (exact) mass is 366 g/mol. The van der Waals surface area contributed by atoms with Gasteiger partial charge in [-0.25, -0.2) is 4.79 Å². The molecule has 1 unspecified atom stereocenters. The summed E-state index contributed by atoms with van der Waals surface area (Å²) in [6.45, 7) is 0.685. The number of hydrogen-bond donors (Lipinski definition) is 3. The van der Waals surface area contributed by atoms with Gasteiger partial charge in [0.1, 0.15) is 6.54 Å². The van der Waals surface area contributed by atoms with Crippen molar-refractivity contribution in [1.29, 1.82) is 0 Å². The number of carbonyl (C=O) groups is 2. The third-order valence-electron chi connectivity index (χ3n) is 3.25. The Morgan fingerprint density at radius 1 is 1.08 bits per heavy atom. The first-order chi connectivity index (χ1) is 11.4. The molecular formula is C17H18Cl2N3O2+. The van der Waals surface area contributed by atoms with Crippen LogP contribution in [0.4, 0.5) is 10.5 Å². The molecule has 126 valence electrons. The summed E-state index contributed by atoms with van der Waals surface area (Å²) in [6, 6.07) is 13.6. The van der Waals surface area contributed by atoms with Gasteiger partial charge in [0.15, 0.2) is 6.54 Å². The molecule has 0 saturated heterocycles. The van der Waals surface area contributed by atoms with Crippen molar-refractivity contribution in [2.75, 3.05) is 18.9 Å². The van der Waals surface area contributed by atoms with Crippen LogP contribution in [0, 0.1) is 0 Å². The van der Waals surface area contributed by atoms with E-state index in [0.29, 0.717) is 22.3 Å². The van der Waals surface area contributed by atoms with E-state index in [9.17, 15) is 9.59 Å². The fourth-order valence-corrected chi connectivity index (χ4v) is 2.66. The van der Waals surface area contributed by atoms with Crippen LogP contribution in [0.3, 0.4) is 0 Å². The van der Waals surface area contributed by atoms with Gasteiger partial charge >= 0.3 is 6.03 Å². The van der Waals surface area contributed by atoms with E-state index in [2.05, 4.69) is 10.6 Å². The van der Waals surface area contributed by atoms with E-state index >= 15 is 0 Å². The van der Waals surface area contributed by atoms with Crippen LogP contribution in [0.5, 0.6) is 0 Å². The number of hydrogen-bond acceptors (Lipinski definition) is 2. The van der Waals surface area contributed by atoms with E-state index in [1.54, 1.807) is 36.4 Å². The van der Waals surface area contributed by atoms with Crippen LogP contribution < -0.4 is 15.5 Å². The number of imide groups is 1. The first-order valence-electron chi connectivity index (χ1n) is 7.35. The zero-order valence-corrected chi connectivity index (χ0v) is 14.6. The fourth-order valence-electron chi connectivity index (χ4n) is 2.18. The minimum atomic E-state index is -0.552. The smallest absolute Gasteiger partial charge is 0.326 e. The second-order valence-corrected chi connectivity index (χ2v) is 6.26. The highest BCUT2D eigenvalue weighted by molar-refractivity contribution is 6.35. The lowest BCUT2D eigenvalue weighted by Gasteiger charge is -2.14. The molecule has 0 aliphatic heterocycles. The van der Waals surface area contributed by atoms with Crippen molar-refractivity contribution in [3.8, 4) is 0 Å². The van der Waals surface area contributed by atoms with Gasteiger partial charge in [-0.05, 0) is 24.3 Å². The molecule has 7 heteroatoms. The molecule has 2 aromatic rings. The topological polar surface area (TPSA) is 62.6 Å². The summed E-state index contributed by atoms with van der Waals surface area (Å²) in [5, 5.41) is 6.03. The average molecular weight is 367 g/mol. The van der Waals surface area contributed by atoms with Gasteiger partial charge < -0.3 is 10.2 Å². The third kappa shape index (κ3) is 5.85. The average Bonchev–Trinajstić information content (AvgIpc) is 2.50. The second-order valence-electron chi connectivity index (χ2n) is 5.41. The first-order valence-corrected chi connectivity index (χ1v) is 8.11. The van der Waals surface area contributed by atoms with Crippen LogP contribution in [0.2, 0.25) is 10.0 Å². The number of benzene rings is 2. The maximum absolute atomic E-state index is 11.9. The minimum absolute atomic E-state index is 0.140. The summed E-state index contributed by atoms with van der Waals surface area (Å²) >= 11 is 12.0. The molecule has 3 N–H and O–H groups in total. The molecule has 3 amide bonds. The number of carbonyl (C=O) groups excluding carboxylic acids is 2. The quantitative estimate of drug-likeness (QED) is 0.760. The molecule has 1 atom stereocenters. The van der Waals surface area contributed by atoms with E-state index in [1.165, 1.54) is 0 Å². The largest absolute Gasteiger partial charge is 0.326 e. The third-order valence-corrected chi connectivity index (χ3v) is 3.84. The van der Waals surface area contributed by atoms with Crippen molar-refractivity contribution in [3.63, 3.8) is 0 Å². The Bertz CT molecular complexity index is 723. The van der Waals surface area contributed by atoms with Gasteiger partial charge in [0.25, 0.3) is 5.91 Å². The maximum Gasteiger partial charge on any atom is 0.326 e. The molecule has 2 aromatic carbocycles. The van der Waals surface area contributed by atoms with E-state index in [0.717, 1.165) is 10.5 Å². The van der Waals surface area contributed by atoms with Gasteiger partial charge in [0, 0.05) is 16.3 Å². The maximum atomic E-state index is 11.9. The molecule has 2 rings (SSSR count). The van der Waals surface area contributed by atoms with Gasteiger partial charge in [-0.15, -0.1) is 0 Å². The van der Waals surface area contributed by atoms with Crippen molar-refractivity contribution in [1.82, 2.24) is 5.32 Å². The molecule has 0 aliphatic rings. The van der Waals surface area contributed by atoms with Gasteiger partial charge in [-0.3, -0.25) is 10.1 Å². The molecule has 0 aliphatic carbocycles. The molecule has 0 radical (unpaired) electrons. The van der Waals surface area contributed by atoms with Crippen molar-refractivity contribution >= 4 is 40.8 Å². The van der Waals surface area contributed by atoms with Crippen LogP contribution in [0.15, 0.2) is 48.5 Å². The highest BCUT2D eigenvalue weighted by Gasteiger charge is 2.15. The Hall–Kier alpha value is -2.08. The van der Waals surface area contributed by atoms with Crippen molar-refractivity contribution in [3.05, 3.63) is 64.1 Å². The van der Waals surface area contributed by atoms with Gasteiger partial charge in [-0.1, -0.05) is 47.5 Å². The molecule has 0 saturated carbocycles. The lowest BCUT2D eigenvalue weighted by molar-refractivity contribution is -0.885. The molecular weight excluding hydrogens is 349 g/mol. The number of anilines is 1. The fraction of sp³-hybridized carbons (Fsp3) is 0.176. The number of urea groups is 1. The van der Waals surface area contributed by atoms with Crippen LogP contribution >= 0.6 is 23.2 Å². The molecule has 0 aromatic heterocycles. The second kappa shape index (κ2) is 8.68. The van der Waals surface area contributed by atoms with Gasteiger partial charge in [0.2, 0.25) is 0 Å². The number of halogens is 2. The zero-order valence-electron chi connectivity index (χ0n) is 13.1. The van der Waals surface area contributed by atoms with E-state index in [-0.39, 0.29) is 12.5 Å². The first kappa shape index (κ1) is 18.3. The predicted molar refractivity (Wildman–Crippen MR) is 95.5 cm³/mol. The normalized spacial score (nSPS) is 11.6. The number of likely N-dealkylation sites (N-methyl/N-ethyl adjacent to an activating group) is 1. The van der Waals surface area contributed by atoms with Crippen LogP contribution in [-0.4, -0.2) is 25.5 Å². The summed E-state index contributed by atoms with van der Waals surface area (Å²) in [5.41, 5.74) is 1.51. The zero-order chi connectivity index (χ0) is 17.5. The Kier molecular flexibility index (Phi) is 6.61. The Morgan fingerprint density at radius 3 is 2.46 bits per heavy atom. The molecule has 0 spiro atoms. The summed E-state index contributed by atoms with van der Waals surface area (Å²) in [5.74, 6) is -0.369. The summed E-state index contributed by atoms with van der Waals surface area (Å²) < 4.78 is 0. The van der Waals surface area contributed by atoms with E-state index in [1.807, 2.05) is 19.2 Å². The standard InChI is InChI=1S/C17H17Cl2N3O2/c1-22(10-12-7-8-13(18)9-15(12)19)11-16(23)21-17(24)20-14-5-3-2-4-6-14/h2-9H,10-11H2,1H3,(H2,20,21,23,24)/p+1. The summed E-state index contributed by atoms with van der Waals surface area (Å²) in [4.78, 5) is 24.6. The highest BCUT2D eigenvalue weighted by Crippen LogP contribution is 2.20. The van der Waals surface area contributed by atoms with E-state index in [4.69, 9.17) is 23.2 Å². The highest BCUT2D eigenvalue weighted by atomic mass is 35.5. The van der Waals surface area contributed by atoms with Gasteiger partial charge in [-0.2, -0.15) is 0 Å². The van der Waals surface area contributed by atoms with Crippen LogP contribution in [0.25, 0.3) is 0 Å². The van der Waals surface area contributed by atoms with Crippen LogP contribution in [0.1, 0.15) is 5.56 Å². The summed E-state index contributed by atoms with van der Waals surface area (Å²) in [6.07, 6.45) is 0. The summed E-state index contributed by atoms with van der Waals surface area (Å²) in [7, 11) is 1.85. The number of nitrogens with one attached hydrogen (secondary N) is 3. The lowest BCUT2D eigenvalue weighted by atomic mass is 10.2. The number of rotatable bonds is 5. The minimum Gasteiger partial charge on any atom is -0.326 e. The molecule has 0 heterocycles. The number of amides is 3. The van der Waals surface area contributed by atoms with Gasteiger partial charge in [0.05, 0.1) is 12.1 Å². The number of para-hydroxylation sites is 1. The van der Waals surface area contributed by atoms with Crippen molar-refractivity contribution < 1.29 is 14.5 Å². The Labute approximate surface area is 150 Å². The van der Waals surface area contributed by atoms with E-state index < -0.39 is 6.03 Å². The Balaban J connectivity index is 1.82. The predicted octanol–water partition coefficient (Wildman–Crippen LogP) is 2.36. The van der Waals surface area contributed by atoms with Crippen LogP contribution in [-0.2, 0) is 11.3 Å². The molecule has 0 bridgehead atoms. The molecule has 24 heavy (non-hydrogen) atoms. The SMILES string of the molecule is C[NH+](CC(=O)NC(=O)Nc1ccccc1)Cc1ccc(Cl)cc1Cl. The van der Waals surface area contributed by atoms with Crippen molar-refractivity contribution in [2.45, 2.75) is 6.54 Å². The van der Waals surface area contributed by atoms with Crippen molar-refractivity contribution in [2.24, 2.45) is 0 Å². The molecule has 0 fully saturated rings. The lowest BCUT2D eigenvalue weighted by Crippen LogP contribution is -3.09. The number of quaternary nitrogens is 1. The Morgan fingerprint density at radius 2 is 1.79 bits per heavy atom.